The van der Waals surface area contributed by atoms with Gasteiger partial charge in [0.1, 0.15) is 19.8 Å². The lowest BCUT2D eigenvalue weighted by atomic mass is 10.0. The Morgan fingerprint density at radius 2 is 0.869 bits per heavy atom. The van der Waals surface area contributed by atoms with Crippen LogP contribution in [0.2, 0.25) is 0 Å². The molecule has 0 heterocycles. The van der Waals surface area contributed by atoms with Crippen LogP contribution >= 0.6 is 7.82 Å². The molecule has 0 fully saturated rings. The van der Waals surface area contributed by atoms with Gasteiger partial charge in [0, 0.05) is 12.8 Å². The molecule has 2 atom stereocenters. The van der Waals surface area contributed by atoms with Crippen LogP contribution in [0.1, 0.15) is 239 Å². The molecule has 0 rings (SSSR count). The standard InChI is InChI=1S/C51H98NO8P/c1-6-8-10-12-14-16-18-20-22-23-24-25-26-27-28-29-30-32-33-35-37-39-41-43-50(53)57-47-49(48-59-61(55,56)58-46-45-52(3,4)5)60-51(54)44-42-40-38-36-34-31-21-19-17-15-13-11-9-7-2/h29-30,35,37,49H,6-28,31-34,36,38-48H2,1-5H3/b30-29+,37-35+/t49-/m0/s1. The van der Waals surface area contributed by atoms with Crippen molar-refractivity contribution in [2.24, 2.45) is 0 Å². The third-order valence-electron chi connectivity index (χ3n) is 11.2. The molecule has 0 spiro atoms. The number of phosphoric acid groups is 1. The third-order valence-corrected chi connectivity index (χ3v) is 12.2. The predicted octanol–water partition coefficient (Wildman–Crippen LogP) is 14.5. The first-order valence-electron chi connectivity index (χ1n) is 25.5. The number of phosphoric ester groups is 1. The van der Waals surface area contributed by atoms with Crippen LogP contribution in [0.3, 0.4) is 0 Å². The van der Waals surface area contributed by atoms with E-state index in [1.54, 1.807) is 0 Å². The van der Waals surface area contributed by atoms with Crippen molar-refractivity contribution in [3.8, 4) is 0 Å². The molecule has 0 aliphatic carbocycles. The highest BCUT2D eigenvalue weighted by Gasteiger charge is 2.21. The molecule has 0 aromatic carbocycles. The van der Waals surface area contributed by atoms with E-state index in [2.05, 4.69) is 38.2 Å². The van der Waals surface area contributed by atoms with E-state index < -0.39 is 32.5 Å². The normalized spacial score (nSPS) is 13.6. The van der Waals surface area contributed by atoms with Crippen LogP contribution in [0.5, 0.6) is 0 Å². The van der Waals surface area contributed by atoms with E-state index in [0.717, 1.165) is 44.9 Å². The molecule has 360 valence electrons. The number of rotatable bonds is 47. The molecule has 0 saturated heterocycles. The second kappa shape index (κ2) is 43.7. The highest BCUT2D eigenvalue weighted by atomic mass is 31.2. The summed E-state index contributed by atoms with van der Waals surface area (Å²) in [7, 11) is 1.16. The maximum Gasteiger partial charge on any atom is 0.306 e. The van der Waals surface area contributed by atoms with Crippen molar-refractivity contribution in [3.05, 3.63) is 24.3 Å². The number of unbranched alkanes of at least 4 members (excludes halogenated alkanes) is 29. The molecule has 0 radical (unpaired) electrons. The Labute approximate surface area is 377 Å². The lowest BCUT2D eigenvalue weighted by molar-refractivity contribution is -0.870. The van der Waals surface area contributed by atoms with E-state index in [1.807, 2.05) is 21.1 Å². The average Bonchev–Trinajstić information content (AvgIpc) is 3.21. The lowest BCUT2D eigenvalue weighted by Gasteiger charge is -2.28. The van der Waals surface area contributed by atoms with Crippen LogP contribution < -0.4 is 4.89 Å². The highest BCUT2D eigenvalue weighted by Crippen LogP contribution is 2.38. The smallest absolute Gasteiger partial charge is 0.306 e. The SMILES string of the molecule is CCCCCCCCCCCCCCCC/C=C/CC/C=C/CCCC(=O)OC[C@@H](COP(=O)([O-])OCC[N+](C)(C)C)OC(=O)CCCCCCCCCCCCCCCC. The fourth-order valence-corrected chi connectivity index (χ4v) is 7.93. The van der Waals surface area contributed by atoms with Crippen LogP contribution in [0.25, 0.3) is 0 Å². The summed E-state index contributed by atoms with van der Waals surface area (Å²) >= 11 is 0. The maximum absolute atomic E-state index is 12.7. The van der Waals surface area contributed by atoms with Gasteiger partial charge in [-0.15, -0.1) is 0 Å². The fraction of sp³-hybridized carbons (Fsp3) is 0.882. The quantitative estimate of drug-likeness (QED) is 0.0195. The molecule has 0 aromatic rings. The first-order chi connectivity index (χ1) is 29.5. The number of esters is 2. The van der Waals surface area contributed by atoms with E-state index >= 15 is 0 Å². The van der Waals surface area contributed by atoms with Crippen LogP contribution in [-0.2, 0) is 32.7 Å². The third kappa shape index (κ3) is 47.8. The molecular formula is C51H98NO8P. The van der Waals surface area contributed by atoms with Gasteiger partial charge in [-0.1, -0.05) is 205 Å². The van der Waals surface area contributed by atoms with E-state index in [-0.39, 0.29) is 26.1 Å². The van der Waals surface area contributed by atoms with Gasteiger partial charge in [0.15, 0.2) is 6.10 Å². The van der Waals surface area contributed by atoms with Crippen molar-refractivity contribution in [2.75, 3.05) is 47.5 Å². The highest BCUT2D eigenvalue weighted by molar-refractivity contribution is 7.45. The second-order valence-electron chi connectivity index (χ2n) is 18.5. The summed E-state index contributed by atoms with van der Waals surface area (Å²) in [4.78, 5) is 37.6. The Kier molecular flexibility index (Phi) is 42.6. The number of hydrogen-bond acceptors (Lipinski definition) is 8. The van der Waals surface area contributed by atoms with Crippen LogP contribution in [0.15, 0.2) is 24.3 Å². The van der Waals surface area contributed by atoms with Crippen LogP contribution in [0.4, 0.5) is 0 Å². The van der Waals surface area contributed by atoms with Gasteiger partial charge in [-0.25, -0.2) is 0 Å². The van der Waals surface area contributed by atoms with Crippen molar-refractivity contribution in [1.29, 1.82) is 0 Å². The molecule has 0 aliphatic rings. The number of likely N-dealkylation sites (N-methyl/N-ethyl adjacent to an activating group) is 1. The monoisotopic (exact) mass is 884 g/mol. The number of hydrogen-bond donors (Lipinski definition) is 0. The van der Waals surface area contributed by atoms with Gasteiger partial charge in [-0.3, -0.25) is 14.2 Å². The molecule has 9 nitrogen and oxygen atoms in total. The summed E-state index contributed by atoms with van der Waals surface area (Å²) in [5.74, 6) is -0.873. The Morgan fingerprint density at radius 1 is 0.492 bits per heavy atom. The minimum absolute atomic E-state index is 0.0342. The second-order valence-corrected chi connectivity index (χ2v) is 19.9. The van der Waals surface area contributed by atoms with Crippen LogP contribution in [-0.4, -0.2) is 70.0 Å². The van der Waals surface area contributed by atoms with Crippen molar-refractivity contribution >= 4 is 19.8 Å². The number of carbonyl (C=O) groups is 2. The number of nitrogens with zero attached hydrogens (tertiary/aromatic N) is 1. The molecule has 1 unspecified atom stereocenters. The molecule has 10 heteroatoms. The van der Waals surface area contributed by atoms with E-state index in [9.17, 15) is 19.0 Å². The Balaban J connectivity index is 4.24. The topological polar surface area (TPSA) is 111 Å². The van der Waals surface area contributed by atoms with Gasteiger partial charge in [-0.05, 0) is 44.9 Å². The number of carbonyl (C=O) groups excluding carboxylic acids is 2. The first-order valence-corrected chi connectivity index (χ1v) is 27.0. The van der Waals surface area contributed by atoms with Gasteiger partial charge in [0.05, 0.1) is 27.7 Å². The molecular weight excluding hydrogens is 786 g/mol. The molecule has 0 saturated carbocycles. The van der Waals surface area contributed by atoms with Gasteiger partial charge in [-0.2, -0.15) is 0 Å². The minimum Gasteiger partial charge on any atom is -0.756 e. The van der Waals surface area contributed by atoms with Crippen molar-refractivity contribution in [3.63, 3.8) is 0 Å². The Morgan fingerprint density at radius 3 is 1.31 bits per heavy atom. The molecule has 0 amide bonds. The predicted molar refractivity (Wildman–Crippen MR) is 254 cm³/mol. The largest absolute Gasteiger partial charge is 0.756 e. The van der Waals surface area contributed by atoms with Crippen molar-refractivity contribution in [1.82, 2.24) is 0 Å². The average molecular weight is 884 g/mol. The Bertz CT molecular complexity index is 1090. The van der Waals surface area contributed by atoms with Gasteiger partial charge in [0.2, 0.25) is 0 Å². The molecule has 61 heavy (non-hydrogen) atoms. The molecule has 0 bridgehead atoms. The molecule has 0 aliphatic heterocycles. The number of quaternary nitrogens is 1. The zero-order chi connectivity index (χ0) is 45.0. The molecule has 0 N–H and O–H groups in total. The van der Waals surface area contributed by atoms with Crippen molar-refractivity contribution in [2.45, 2.75) is 245 Å². The van der Waals surface area contributed by atoms with Crippen molar-refractivity contribution < 1.29 is 42.1 Å². The zero-order valence-electron chi connectivity index (χ0n) is 40.6. The van der Waals surface area contributed by atoms with Gasteiger partial charge < -0.3 is 27.9 Å². The Hall–Kier alpha value is -1.51. The fourth-order valence-electron chi connectivity index (χ4n) is 7.21. The number of ether oxygens (including phenoxy) is 2. The lowest BCUT2D eigenvalue weighted by Crippen LogP contribution is -2.37. The summed E-state index contributed by atoms with van der Waals surface area (Å²) in [6, 6.07) is 0. The minimum atomic E-state index is -4.63. The van der Waals surface area contributed by atoms with E-state index in [0.29, 0.717) is 23.9 Å². The summed E-state index contributed by atoms with van der Waals surface area (Å²) in [6.45, 7) is 4.22. The summed E-state index contributed by atoms with van der Waals surface area (Å²) in [6.07, 6.45) is 49.4. The zero-order valence-corrected chi connectivity index (χ0v) is 41.5. The number of allylic oxidation sites excluding steroid dienone is 4. The van der Waals surface area contributed by atoms with Gasteiger partial charge in [0.25, 0.3) is 7.82 Å². The van der Waals surface area contributed by atoms with E-state index in [1.165, 1.54) is 154 Å². The first kappa shape index (κ1) is 59.5. The summed E-state index contributed by atoms with van der Waals surface area (Å²) in [5, 5.41) is 0. The summed E-state index contributed by atoms with van der Waals surface area (Å²) in [5.41, 5.74) is 0. The van der Waals surface area contributed by atoms with E-state index in [4.69, 9.17) is 18.5 Å². The van der Waals surface area contributed by atoms with Crippen LogP contribution in [0, 0.1) is 0 Å². The van der Waals surface area contributed by atoms with Gasteiger partial charge >= 0.3 is 11.9 Å². The maximum atomic E-state index is 12.7. The summed E-state index contributed by atoms with van der Waals surface area (Å²) < 4.78 is 34.0. The molecule has 0 aromatic heterocycles.